The van der Waals surface area contributed by atoms with E-state index in [1.807, 2.05) is 0 Å². The number of ether oxygens (including phenoxy) is 1. The maximum atomic E-state index is 13.5. The van der Waals surface area contributed by atoms with Gasteiger partial charge in [0.1, 0.15) is 24.0 Å². The summed E-state index contributed by atoms with van der Waals surface area (Å²) in [5, 5.41) is 8.87. The molecule has 0 aromatic heterocycles. The number of rotatable bonds is 3. The van der Waals surface area contributed by atoms with Crippen LogP contribution in [0, 0.1) is 36.8 Å². The van der Waals surface area contributed by atoms with E-state index in [1.165, 1.54) is 18.2 Å². The minimum absolute atomic E-state index is 0.101. The van der Waals surface area contributed by atoms with E-state index in [-0.39, 0.29) is 12.2 Å². The quantitative estimate of drug-likeness (QED) is 0.845. The average Bonchev–Trinajstić information content (AvgIpc) is 2.40. The second-order valence-electron chi connectivity index (χ2n) is 4.54. The van der Waals surface area contributed by atoms with Crippen LogP contribution >= 0.6 is 0 Å². The lowest BCUT2D eigenvalue weighted by atomic mass is 10.1. The number of aryl methyl sites for hydroxylation is 2. The Bertz CT molecular complexity index is 646. The van der Waals surface area contributed by atoms with Gasteiger partial charge in [0.15, 0.2) is 0 Å². The molecule has 2 rings (SSSR count). The average molecular weight is 273 g/mol. The lowest BCUT2D eigenvalue weighted by Crippen LogP contribution is -2.04. The highest BCUT2D eigenvalue weighted by atomic mass is 19.1. The smallest absolute Gasteiger partial charge is 0.132 e. The van der Waals surface area contributed by atoms with Gasteiger partial charge in [0.05, 0.1) is 17.2 Å². The van der Waals surface area contributed by atoms with Crippen molar-refractivity contribution in [2.24, 2.45) is 0 Å². The Morgan fingerprint density at radius 2 is 1.65 bits per heavy atom. The fourth-order valence-electron chi connectivity index (χ4n) is 2.06. The largest absolute Gasteiger partial charge is 0.488 e. The fraction of sp³-hybridized carbons (Fsp3) is 0.188. The summed E-state index contributed by atoms with van der Waals surface area (Å²) in [6.07, 6.45) is 0. The summed E-state index contributed by atoms with van der Waals surface area (Å²) in [5.74, 6) is -0.713. The summed E-state index contributed by atoms with van der Waals surface area (Å²) < 4.78 is 32.5. The van der Waals surface area contributed by atoms with Crippen LogP contribution in [0.2, 0.25) is 0 Å². The highest BCUT2D eigenvalue weighted by Gasteiger charge is 2.11. The van der Waals surface area contributed by atoms with Crippen molar-refractivity contribution in [1.29, 1.82) is 5.26 Å². The number of halogens is 2. The van der Waals surface area contributed by atoms with Crippen LogP contribution in [0.4, 0.5) is 8.78 Å². The van der Waals surface area contributed by atoms with Gasteiger partial charge in [-0.3, -0.25) is 0 Å². The lowest BCUT2D eigenvalue weighted by molar-refractivity contribution is 0.288. The zero-order valence-corrected chi connectivity index (χ0v) is 11.2. The first-order valence-corrected chi connectivity index (χ1v) is 6.10. The third-order valence-corrected chi connectivity index (χ3v) is 3.01. The Morgan fingerprint density at radius 1 is 1.10 bits per heavy atom. The van der Waals surface area contributed by atoms with Crippen molar-refractivity contribution in [2.45, 2.75) is 20.5 Å². The predicted molar refractivity (Wildman–Crippen MR) is 71.3 cm³/mol. The summed E-state index contributed by atoms with van der Waals surface area (Å²) in [4.78, 5) is 0. The van der Waals surface area contributed by atoms with Crippen LogP contribution in [0.1, 0.15) is 22.3 Å². The van der Waals surface area contributed by atoms with Gasteiger partial charge in [-0.15, -0.1) is 0 Å². The van der Waals surface area contributed by atoms with Gasteiger partial charge in [-0.1, -0.05) is 6.07 Å². The van der Waals surface area contributed by atoms with Crippen molar-refractivity contribution in [3.05, 3.63) is 64.2 Å². The minimum Gasteiger partial charge on any atom is -0.488 e. The van der Waals surface area contributed by atoms with E-state index in [2.05, 4.69) is 6.07 Å². The second kappa shape index (κ2) is 5.70. The van der Waals surface area contributed by atoms with Crippen molar-refractivity contribution in [2.75, 3.05) is 0 Å². The van der Waals surface area contributed by atoms with Gasteiger partial charge in [0.25, 0.3) is 0 Å². The zero-order chi connectivity index (χ0) is 14.7. The van der Waals surface area contributed by atoms with Gasteiger partial charge in [-0.25, -0.2) is 8.78 Å². The number of benzene rings is 2. The van der Waals surface area contributed by atoms with E-state index in [0.29, 0.717) is 11.3 Å². The third kappa shape index (κ3) is 2.77. The van der Waals surface area contributed by atoms with Crippen molar-refractivity contribution in [3.63, 3.8) is 0 Å². The maximum Gasteiger partial charge on any atom is 0.132 e. The van der Waals surface area contributed by atoms with Crippen LogP contribution < -0.4 is 4.74 Å². The molecule has 0 heterocycles. The van der Waals surface area contributed by atoms with Crippen LogP contribution in [0.3, 0.4) is 0 Å². The molecule has 0 bridgehead atoms. The molecule has 2 aromatic carbocycles. The molecule has 20 heavy (non-hydrogen) atoms. The molecule has 0 saturated heterocycles. The van der Waals surface area contributed by atoms with Crippen molar-refractivity contribution < 1.29 is 13.5 Å². The van der Waals surface area contributed by atoms with Gasteiger partial charge < -0.3 is 4.74 Å². The molecule has 2 nitrogen and oxygen atoms in total. The number of nitrogens with zero attached hydrogens (tertiary/aromatic N) is 1. The number of hydrogen-bond acceptors (Lipinski definition) is 2. The van der Waals surface area contributed by atoms with Crippen LogP contribution in [0.15, 0.2) is 30.3 Å². The molecule has 2 aromatic rings. The van der Waals surface area contributed by atoms with Crippen LogP contribution in [-0.4, -0.2) is 0 Å². The molecule has 0 atom stereocenters. The Hall–Kier alpha value is -2.41. The van der Waals surface area contributed by atoms with Crippen LogP contribution in [0.25, 0.3) is 0 Å². The molecule has 0 aliphatic rings. The highest BCUT2D eigenvalue weighted by molar-refractivity contribution is 5.47. The van der Waals surface area contributed by atoms with Gasteiger partial charge in [0.2, 0.25) is 0 Å². The van der Waals surface area contributed by atoms with Gasteiger partial charge >= 0.3 is 0 Å². The molecule has 0 aliphatic heterocycles. The number of nitriles is 1. The summed E-state index contributed by atoms with van der Waals surface area (Å²) in [5.41, 5.74) is 1.96. The van der Waals surface area contributed by atoms with Crippen LogP contribution in [0.5, 0.6) is 5.75 Å². The van der Waals surface area contributed by atoms with Gasteiger partial charge in [-0.05, 0) is 49.2 Å². The highest BCUT2D eigenvalue weighted by Crippen LogP contribution is 2.26. The monoisotopic (exact) mass is 273 g/mol. The third-order valence-electron chi connectivity index (χ3n) is 3.01. The standard InChI is InChI=1S/C16H13F2NO/c1-10-6-12(8-19)7-11(2)16(10)20-9-13-14(17)4-3-5-15(13)18/h3-7H,9H2,1-2H3. The first-order chi connectivity index (χ1) is 9.52. The van der Waals surface area contributed by atoms with Gasteiger partial charge in [-0.2, -0.15) is 5.26 Å². The number of hydrogen-bond donors (Lipinski definition) is 0. The predicted octanol–water partition coefficient (Wildman–Crippen LogP) is 4.03. The Kier molecular flexibility index (Phi) is 3.99. The SMILES string of the molecule is Cc1cc(C#N)cc(C)c1OCc1c(F)cccc1F. The van der Waals surface area contributed by atoms with Gasteiger partial charge in [0, 0.05) is 0 Å². The van der Waals surface area contributed by atoms with Crippen LogP contribution in [-0.2, 0) is 6.61 Å². The molecule has 102 valence electrons. The van der Waals surface area contributed by atoms with E-state index in [4.69, 9.17) is 10.00 Å². The van der Waals surface area contributed by atoms with E-state index in [9.17, 15) is 8.78 Å². The molecule has 0 fully saturated rings. The lowest BCUT2D eigenvalue weighted by Gasteiger charge is -2.13. The Morgan fingerprint density at radius 3 is 2.15 bits per heavy atom. The molecule has 0 radical (unpaired) electrons. The summed E-state index contributed by atoms with van der Waals surface area (Å²) in [6, 6.07) is 9.11. The molecule has 0 unspecified atom stereocenters. The first kappa shape index (κ1) is 14.0. The van der Waals surface area contributed by atoms with E-state index < -0.39 is 11.6 Å². The Balaban J connectivity index is 2.26. The summed E-state index contributed by atoms with van der Waals surface area (Å²) in [7, 11) is 0. The minimum atomic E-state index is -0.631. The molecule has 0 N–H and O–H groups in total. The molecule has 4 heteroatoms. The molecular weight excluding hydrogens is 260 g/mol. The first-order valence-electron chi connectivity index (χ1n) is 6.10. The molecule has 0 saturated carbocycles. The van der Waals surface area contributed by atoms with E-state index >= 15 is 0 Å². The second-order valence-corrected chi connectivity index (χ2v) is 4.54. The zero-order valence-electron chi connectivity index (χ0n) is 11.2. The van der Waals surface area contributed by atoms with Crippen molar-refractivity contribution in [3.8, 4) is 11.8 Å². The molecule has 0 aliphatic carbocycles. The molecule has 0 amide bonds. The van der Waals surface area contributed by atoms with E-state index in [1.54, 1.807) is 26.0 Å². The molecular formula is C16H13F2NO. The van der Waals surface area contributed by atoms with Crippen molar-refractivity contribution >= 4 is 0 Å². The summed E-state index contributed by atoms with van der Waals surface area (Å²) in [6.45, 7) is 3.40. The van der Waals surface area contributed by atoms with E-state index in [0.717, 1.165) is 11.1 Å². The normalized spacial score (nSPS) is 10.2. The van der Waals surface area contributed by atoms with Crippen molar-refractivity contribution in [1.82, 2.24) is 0 Å². The topological polar surface area (TPSA) is 33.0 Å². The molecule has 0 spiro atoms. The Labute approximate surface area is 116 Å². The summed E-state index contributed by atoms with van der Waals surface area (Å²) >= 11 is 0. The maximum absolute atomic E-state index is 13.5. The fourth-order valence-corrected chi connectivity index (χ4v) is 2.06.